The molecule has 0 amide bonds. The molecule has 1 fully saturated rings. The Bertz CT molecular complexity index is 1440. The van der Waals surface area contributed by atoms with Crippen LogP contribution in [0.25, 0.3) is 16.8 Å². The Morgan fingerprint density at radius 3 is 2.71 bits per heavy atom. The molecule has 4 aromatic rings. The highest BCUT2D eigenvalue weighted by Crippen LogP contribution is 2.50. The van der Waals surface area contributed by atoms with Crippen LogP contribution in [0.5, 0.6) is 0 Å². The van der Waals surface area contributed by atoms with Crippen molar-refractivity contribution in [1.29, 1.82) is 0 Å². The van der Waals surface area contributed by atoms with Crippen molar-refractivity contribution >= 4 is 11.3 Å². The molecule has 0 unspecified atom stereocenters. The molecule has 1 spiro atoms. The summed E-state index contributed by atoms with van der Waals surface area (Å²) in [5, 5.41) is 14.2. The minimum absolute atomic E-state index is 0.0281. The summed E-state index contributed by atoms with van der Waals surface area (Å²) in [6, 6.07) is 9.80. The fourth-order valence-electron chi connectivity index (χ4n) is 5.79. The SMILES string of the molecule is Cc1nc(N2CCC3(CC2)Cc2ncccc2[C@H]3N)c2cc(CO)nn2c1-c1cccc(F)c1F. The van der Waals surface area contributed by atoms with E-state index in [1.807, 2.05) is 12.3 Å². The van der Waals surface area contributed by atoms with Crippen molar-refractivity contribution in [1.82, 2.24) is 19.6 Å². The summed E-state index contributed by atoms with van der Waals surface area (Å²) < 4.78 is 30.3. The van der Waals surface area contributed by atoms with Crippen molar-refractivity contribution in [2.45, 2.75) is 38.8 Å². The number of aryl methyl sites for hydroxylation is 1. The average molecular weight is 477 g/mol. The molecular weight excluding hydrogens is 450 g/mol. The van der Waals surface area contributed by atoms with Crippen LogP contribution in [0, 0.1) is 24.0 Å². The molecule has 180 valence electrons. The van der Waals surface area contributed by atoms with Gasteiger partial charge in [0.05, 0.1) is 23.7 Å². The maximum Gasteiger partial charge on any atom is 0.168 e. The molecule has 1 atom stereocenters. The highest BCUT2D eigenvalue weighted by Gasteiger charge is 2.46. The zero-order valence-corrected chi connectivity index (χ0v) is 19.4. The van der Waals surface area contributed by atoms with E-state index in [9.17, 15) is 13.9 Å². The topological polar surface area (TPSA) is 92.6 Å². The predicted molar refractivity (Wildman–Crippen MR) is 128 cm³/mol. The summed E-state index contributed by atoms with van der Waals surface area (Å²) in [4.78, 5) is 11.6. The van der Waals surface area contributed by atoms with Gasteiger partial charge in [0.15, 0.2) is 17.5 Å². The largest absolute Gasteiger partial charge is 0.390 e. The van der Waals surface area contributed by atoms with Crippen LogP contribution in [0.15, 0.2) is 42.6 Å². The van der Waals surface area contributed by atoms with E-state index in [-0.39, 0.29) is 23.6 Å². The molecule has 1 aromatic carbocycles. The van der Waals surface area contributed by atoms with Gasteiger partial charge in [-0.3, -0.25) is 4.98 Å². The number of aliphatic hydroxyl groups excluding tert-OH is 1. The van der Waals surface area contributed by atoms with E-state index in [1.54, 1.807) is 17.5 Å². The van der Waals surface area contributed by atoms with Crippen LogP contribution in [0.2, 0.25) is 0 Å². The van der Waals surface area contributed by atoms with Crippen LogP contribution in [0.1, 0.15) is 41.5 Å². The lowest BCUT2D eigenvalue weighted by molar-refractivity contribution is 0.187. The zero-order valence-electron chi connectivity index (χ0n) is 19.4. The molecule has 1 aliphatic carbocycles. The second-order valence-corrected chi connectivity index (χ2v) is 9.60. The third-order valence-corrected chi connectivity index (χ3v) is 7.68. The van der Waals surface area contributed by atoms with Crippen LogP contribution in [-0.2, 0) is 13.0 Å². The first-order chi connectivity index (χ1) is 16.9. The molecule has 0 saturated carbocycles. The fourth-order valence-corrected chi connectivity index (χ4v) is 5.79. The van der Waals surface area contributed by atoms with E-state index in [4.69, 9.17) is 10.7 Å². The molecule has 2 aliphatic rings. The van der Waals surface area contributed by atoms with Gasteiger partial charge < -0.3 is 15.7 Å². The molecule has 0 radical (unpaired) electrons. The van der Waals surface area contributed by atoms with Crippen LogP contribution < -0.4 is 10.6 Å². The summed E-state index contributed by atoms with van der Waals surface area (Å²) >= 11 is 0. The fraction of sp³-hybridized carbons (Fsp3) is 0.346. The smallest absolute Gasteiger partial charge is 0.168 e. The van der Waals surface area contributed by atoms with Crippen molar-refractivity contribution in [2.24, 2.45) is 11.1 Å². The van der Waals surface area contributed by atoms with Gasteiger partial charge in [0.25, 0.3) is 0 Å². The molecular formula is C26H26F2N6O. The lowest BCUT2D eigenvalue weighted by Crippen LogP contribution is -2.44. The Morgan fingerprint density at radius 1 is 1.17 bits per heavy atom. The Labute approximate surface area is 201 Å². The number of nitrogens with two attached hydrogens (primary N) is 1. The average Bonchev–Trinajstić information content (AvgIpc) is 3.41. The third kappa shape index (κ3) is 3.33. The third-order valence-electron chi connectivity index (χ3n) is 7.68. The number of piperidine rings is 1. The van der Waals surface area contributed by atoms with Crippen LogP contribution in [-0.4, -0.2) is 37.8 Å². The molecule has 1 saturated heterocycles. The molecule has 3 N–H and O–H groups in total. The van der Waals surface area contributed by atoms with E-state index >= 15 is 0 Å². The molecule has 1 aliphatic heterocycles. The summed E-state index contributed by atoms with van der Waals surface area (Å²) in [5.41, 5.74) is 11.0. The number of anilines is 1. The standard InChI is InChI=1S/C26H26F2N6O/c1-15-23(18-4-2-6-19(27)22(18)28)34-21(12-16(14-35)32-34)25(31-15)33-10-7-26(8-11-33)13-20-17(24(26)29)5-3-9-30-20/h2-6,9,12,24,35H,7-8,10-11,13-14,29H2,1H3/t24-/m1/s1. The molecule has 0 bridgehead atoms. The minimum Gasteiger partial charge on any atom is -0.390 e. The van der Waals surface area contributed by atoms with Gasteiger partial charge in [-0.1, -0.05) is 12.1 Å². The number of benzene rings is 1. The second kappa shape index (κ2) is 8.07. The Morgan fingerprint density at radius 2 is 1.97 bits per heavy atom. The number of rotatable bonds is 3. The zero-order chi connectivity index (χ0) is 24.3. The number of hydrogen-bond donors (Lipinski definition) is 2. The first kappa shape index (κ1) is 22.1. The van der Waals surface area contributed by atoms with Gasteiger partial charge in [-0.05, 0) is 61.4 Å². The van der Waals surface area contributed by atoms with Crippen molar-refractivity contribution in [3.63, 3.8) is 0 Å². The van der Waals surface area contributed by atoms with Crippen LogP contribution in [0.4, 0.5) is 14.6 Å². The predicted octanol–water partition coefficient (Wildman–Crippen LogP) is 3.71. The van der Waals surface area contributed by atoms with Crippen LogP contribution in [0.3, 0.4) is 0 Å². The van der Waals surface area contributed by atoms with Gasteiger partial charge in [-0.25, -0.2) is 18.3 Å². The Hall–Kier alpha value is -3.43. The normalized spacial score (nSPS) is 19.0. The summed E-state index contributed by atoms with van der Waals surface area (Å²) in [7, 11) is 0. The maximum absolute atomic E-state index is 14.7. The number of fused-ring (bicyclic) bond motifs is 2. The molecule has 3 aromatic heterocycles. The van der Waals surface area contributed by atoms with Crippen molar-refractivity contribution in [2.75, 3.05) is 18.0 Å². The Kier molecular flexibility index (Phi) is 5.08. The lowest BCUT2D eigenvalue weighted by atomic mass is 9.73. The summed E-state index contributed by atoms with van der Waals surface area (Å²) in [6.45, 7) is 2.99. The highest BCUT2D eigenvalue weighted by atomic mass is 19.2. The van der Waals surface area contributed by atoms with Crippen LogP contribution >= 0.6 is 0 Å². The molecule has 9 heteroatoms. The first-order valence-electron chi connectivity index (χ1n) is 11.8. The van der Waals surface area contributed by atoms with E-state index in [1.165, 1.54) is 12.1 Å². The first-order valence-corrected chi connectivity index (χ1v) is 11.8. The molecule has 35 heavy (non-hydrogen) atoms. The van der Waals surface area contributed by atoms with Crippen molar-refractivity contribution in [3.8, 4) is 11.3 Å². The number of aromatic nitrogens is 4. The maximum atomic E-state index is 14.7. The number of aliphatic hydroxyl groups is 1. The van der Waals surface area contributed by atoms with E-state index in [0.29, 0.717) is 28.4 Å². The molecule has 4 heterocycles. The monoisotopic (exact) mass is 476 g/mol. The van der Waals surface area contributed by atoms with E-state index in [0.717, 1.165) is 49.7 Å². The minimum atomic E-state index is -0.948. The highest BCUT2D eigenvalue weighted by molar-refractivity contribution is 5.76. The summed E-state index contributed by atoms with van der Waals surface area (Å²) in [5.74, 6) is -1.17. The summed E-state index contributed by atoms with van der Waals surface area (Å²) in [6.07, 6.45) is 4.47. The van der Waals surface area contributed by atoms with Crippen molar-refractivity contribution in [3.05, 3.63) is 76.9 Å². The number of pyridine rings is 1. The number of halogens is 2. The number of hydrogen-bond acceptors (Lipinski definition) is 6. The van der Waals surface area contributed by atoms with Gasteiger partial charge in [-0.2, -0.15) is 5.10 Å². The quantitative estimate of drug-likeness (QED) is 0.468. The van der Waals surface area contributed by atoms with Gasteiger partial charge in [0, 0.05) is 36.6 Å². The lowest BCUT2D eigenvalue weighted by Gasteiger charge is -2.42. The number of nitrogens with zero attached hydrogens (tertiary/aromatic N) is 5. The molecule has 6 rings (SSSR count). The van der Waals surface area contributed by atoms with Gasteiger partial charge >= 0.3 is 0 Å². The Balaban J connectivity index is 1.38. The van der Waals surface area contributed by atoms with Gasteiger partial charge in [0.1, 0.15) is 5.52 Å². The molecule has 7 nitrogen and oxygen atoms in total. The second-order valence-electron chi connectivity index (χ2n) is 9.60. The van der Waals surface area contributed by atoms with Gasteiger partial charge in [-0.15, -0.1) is 0 Å². The van der Waals surface area contributed by atoms with E-state index < -0.39 is 11.6 Å². The van der Waals surface area contributed by atoms with Crippen molar-refractivity contribution < 1.29 is 13.9 Å². The van der Waals surface area contributed by atoms with E-state index in [2.05, 4.69) is 21.0 Å². The van der Waals surface area contributed by atoms with Gasteiger partial charge in [0.2, 0.25) is 0 Å².